The van der Waals surface area contributed by atoms with Gasteiger partial charge in [-0.25, -0.2) is 14.0 Å². The van der Waals surface area contributed by atoms with Crippen molar-refractivity contribution in [2.24, 2.45) is 0 Å². The fourth-order valence-electron chi connectivity index (χ4n) is 2.14. The van der Waals surface area contributed by atoms with E-state index < -0.39 is 17.8 Å². The molecule has 0 N–H and O–H groups in total. The minimum absolute atomic E-state index is 0.0582. The Labute approximate surface area is 137 Å². The summed E-state index contributed by atoms with van der Waals surface area (Å²) in [6.07, 6.45) is 5.92. The number of carbonyl (C=O) groups excluding carboxylic acids is 2. The van der Waals surface area contributed by atoms with E-state index in [0.717, 1.165) is 19.2 Å². The first-order valence-electron chi connectivity index (χ1n) is 6.77. The lowest BCUT2D eigenvalue weighted by atomic mass is 10.1. The van der Waals surface area contributed by atoms with Gasteiger partial charge in [0.25, 0.3) is 0 Å². The van der Waals surface area contributed by atoms with Crippen molar-refractivity contribution >= 4 is 17.6 Å². The van der Waals surface area contributed by atoms with Gasteiger partial charge in [-0.1, -0.05) is 6.08 Å². The van der Waals surface area contributed by atoms with E-state index in [-0.39, 0.29) is 22.5 Å². The molecule has 0 aromatic heterocycles. The van der Waals surface area contributed by atoms with Crippen LogP contribution in [0.4, 0.5) is 10.1 Å². The molecule has 0 atom stereocenters. The Kier molecular flexibility index (Phi) is 5.12. The zero-order valence-electron chi connectivity index (χ0n) is 12.9. The van der Waals surface area contributed by atoms with Crippen LogP contribution in [0, 0.1) is 17.1 Å². The van der Waals surface area contributed by atoms with Crippen LogP contribution in [-0.4, -0.2) is 26.2 Å². The smallest absolute Gasteiger partial charge is 0.355 e. The molecule has 0 amide bonds. The monoisotopic (exact) mass is 328 g/mol. The van der Waals surface area contributed by atoms with E-state index >= 15 is 0 Å². The van der Waals surface area contributed by atoms with Crippen LogP contribution in [0.2, 0.25) is 0 Å². The third-order valence-corrected chi connectivity index (χ3v) is 3.18. The van der Waals surface area contributed by atoms with Gasteiger partial charge in [0.05, 0.1) is 37.1 Å². The van der Waals surface area contributed by atoms with E-state index in [1.54, 1.807) is 6.08 Å². The molecule has 0 fully saturated rings. The van der Waals surface area contributed by atoms with Crippen molar-refractivity contribution in [3.05, 3.63) is 65.3 Å². The molecule has 0 unspecified atom stereocenters. The second-order valence-electron chi connectivity index (χ2n) is 4.63. The topological polar surface area (TPSA) is 79.6 Å². The fraction of sp³-hybridized carbons (Fsp3) is 0.118. The van der Waals surface area contributed by atoms with E-state index in [9.17, 15) is 14.0 Å². The number of esters is 2. The van der Waals surface area contributed by atoms with E-state index in [2.05, 4.69) is 4.74 Å². The minimum Gasteiger partial charge on any atom is -0.465 e. The number of ether oxygens (including phenoxy) is 2. The molecule has 1 heterocycles. The average molecular weight is 328 g/mol. The third-order valence-electron chi connectivity index (χ3n) is 3.18. The van der Waals surface area contributed by atoms with Crippen molar-refractivity contribution in [1.29, 1.82) is 5.26 Å². The molecule has 24 heavy (non-hydrogen) atoms. The molecular weight excluding hydrogens is 315 g/mol. The summed E-state index contributed by atoms with van der Waals surface area (Å²) in [5, 5.41) is 9.00. The molecule has 0 spiro atoms. The van der Waals surface area contributed by atoms with Crippen molar-refractivity contribution < 1.29 is 23.5 Å². The Morgan fingerprint density at radius 1 is 1.12 bits per heavy atom. The van der Waals surface area contributed by atoms with Gasteiger partial charge in [-0.2, -0.15) is 5.26 Å². The summed E-state index contributed by atoms with van der Waals surface area (Å²) >= 11 is 0. The number of hydrogen-bond donors (Lipinski definition) is 0. The molecule has 1 aliphatic rings. The molecule has 6 nitrogen and oxygen atoms in total. The van der Waals surface area contributed by atoms with E-state index in [1.807, 2.05) is 6.07 Å². The molecule has 0 bridgehead atoms. The highest BCUT2D eigenvalue weighted by Gasteiger charge is 2.27. The van der Waals surface area contributed by atoms with Crippen LogP contribution < -0.4 is 4.90 Å². The van der Waals surface area contributed by atoms with Gasteiger partial charge >= 0.3 is 11.9 Å². The van der Waals surface area contributed by atoms with Crippen molar-refractivity contribution in [1.82, 2.24) is 0 Å². The average Bonchev–Trinajstić information content (AvgIpc) is 2.82. The fourth-order valence-corrected chi connectivity index (χ4v) is 2.14. The number of methoxy groups -OCH3 is 2. The predicted octanol–water partition coefficient (Wildman–Crippen LogP) is 2.19. The molecular formula is C17H13FN2O4. The highest BCUT2D eigenvalue weighted by molar-refractivity contribution is 6.05. The van der Waals surface area contributed by atoms with Crippen molar-refractivity contribution in [2.45, 2.75) is 0 Å². The maximum absolute atomic E-state index is 13.8. The molecule has 1 aromatic carbocycles. The standard InChI is InChI=1S/C17H13FN2O4/c1-23-16(21)14-5-3-4-6-20(15(14)17(22)24-2)13-8-11(10-19)7-12(18)9-13/h3-9H,1-2H3. The number of nitriles is 1. The van der Waals surface area contributed by atoms with Gasteiger partial charge in [0.15, 0.2) is 0 Å². The molecule has 1 aliphatic heterocycles. The summed E-state index contributed by atoms with van der Waals surface area (Å²) in [7, 11) is 2.34. The van der Waals surface area contributed by atoms with Crippen LogP contribution in [0.25, 0.3) is 0 Å². The van der Waals surface area contributed by atoms with Gasteiger partial charge < -0.3 is 14.4 Å². The van der Waals surface area contributed by atoms with Gasteiger partial charge in [-0.15, -0.1) is 0 Å². The second-order valence-corrected chi connectivity index (χ2v) is 4.63. The highest BCUT2D eigenvalue weighted by atomic mass is 19.1. The van der Waals surface area contributed by atoms with Gasteiger partial charge in [-0.05, 0) is 30.4 Å². The van der Waals surface area contributed by atoms with Gasteiger partial charge in [0.2, 0.25) is 0 Å². The molecule has 0 saturated heterocycles. The van der Waals surface area contributed by atoms with Crippen LogP contribution in [0.1, 0.15) is 5.56 Å². The number of nitrogens with zero attached hydrogens (tertiary/aromatic N) is 2. The number of carbonyl (C=O) groups is 2. The zero-order valence-corrected chi connectivity index (χ0v) is 12.9. The lowest BCUT2D eigenvalue weighted by Gasteiger charge is -2.23. The van der Waals surface area contributed by atoms with Crippen molar-refractivity contribution in [3.63, 3.8) is 0 Å². The number of allylic oxidation sites excluding steroid dienone is 2. The van der Waals surface area contributed by atoms with Crippen molar-refractivity contribution in [2.75, 3.05) is 19.1 Å². The Balaban J connectivity index is 2.70. The quantitative estimate of drug-likeness (QED) is 0.791. The number of hydrogen-bond acceptors (Lipinski definition) is 6. The highest BCUT2D eigenvalue weighted by Crippen LogP contribution is 2.27. The molecule has 1 aromatic rings. The first-order valence-corrected chi connectivity index (χ1v) is 6.77. The summed E-state index contributed by atoms with van der Waals surface area (Å²) in [5.74, 6) is -2.22. The molecule has 0 aliphatic carbocycles. The minimum atomic E-state index is -0.811. The molecule has 0 saturated carbocycles. The zero-order chi connectivity index (χ0) is 17.7. The Morgan fingerprint density at radius 2 is 1.83 bits per heavy atom. The summed E-state index contributed by atoms with van der Waals surface area (Å²) in [4.78, 5) is 25.5. The van der Waals surface area contributed by atoms with E-state index in [4.69, 9.17) is 10.00 Å². The molecule has 0 radical (unpaired) electrons. The third kappa shape index (κ3) is 3.33. The maximum Gasteiger partial charge on any atom is 0.355 e. The SMILES string of the molecule is COC(=O)C1=C(C(=O)OC)N(c2cc(F)cc(C#N)c2)C=CC=C1. The van der Waals surface area contributed by atoms with Gasteiger partial charge in [0.1, 0.15) is 11.5 Å². The molecule has 7 heteroatoms. The lowest BCUT2D eigenvalue weighted by molar-refractivity contribution is -0.139. The Hall–Kier alpha value is -3.40. The normalized spacial score (nSPS) is 13.3. The molecule has 122 valence electrons. The number of rotatable bonds is 3. The first kappa shape index (κ1) is 17.0. The van der Waals surface area contributed by atoms with Gasteiger partial charge in [-0.3, -0.25) is 0 Å². The van der Waals surface area contributed by atoms with Crippen LogP contribution in [0.3, 0.4) is 0 Å². The number of anilines is 1. The first-order chi connectivity index (χ1) is 11.5. The van der Waals surface area contributed by atoms with Gasteiger partial charge in [0, 0.05) is 6.20 Å². The van der Waals surface area contributed by atoms with Crippen molar-refractivity contribution in [3.8, 4) is 6.07 Å². The number of benzene rings is 1. The summed E-state index contributed by atoms with van der Waals surface area (Å²) in [5.41, 5.74) is 0.0497. The van der Waals surface area contributed by atoms with Crippen LogP contribution in [0.15, 0.2) is 53.9 Å². The van der Waals surface area contributed by atoms with Crippen LogP contribution in [0.5, 0.6) is 0 Å². The lowest BCUT2D eigenvalue weighted by Crippen LogP contribution is -2.27. The summed E-state index contributed by atoms with van der Waals surface area (Å²) < 4.78 is 23.2. The summed E-state index contributed by atoms with van der Waals surface area (Å²) in [6, 6.07) is 5.42. The van der Waals surface area contributed by atoms with E-state index in [1.165, 1.54) is 36.4 Å². The number of halogens is 1. The van der Waals surface area contributed by atoms with E-state index in [0.29, 0.717) is 0 Å². The molecule has 2 rings (SSSR count). The predicted molar refractivity (Wildman–Crippen MR) is 82.9 cm³/mol. The Morgan fingerprint density at radius 3 is 2.46 bits per heavy atom. The largest absolute Gasteiger partial charge is 0.465 e. The maximum atomic E-state index is 13.8. The Bertz CT molecular complexity index is 818. The second kappa shape index (κ2) is 7.24. The van der Waals surface area contributed by atoms with Crippen LogP contribution in [-0.2, 0) is 19.1 Å². The van der Waals surface area contributed by atoms with Crippen LogP contribution >= 0.6 is 0 Å². The summed E-state index contributed by atoms with van der Waals surface area (Å²) in [6.45, 7) is 0.